The Morgan fingerprint density at radius 1 is 1.25 bits per heavy atom. The zero-order chi connectivity index (χ0) is 11.4. The number of hydrogen-bond donors (Lipinski definition) is 0. The lowest BCUT2D eigenvalue weighted by Gasteiger charge is -2.03. The van der Waals surface area contributed by atoms with Gasteiger partial charge in [0, 0.05) is 16.0 Å². The van der Waals surface area contributed by atoms with Crippen LogP contribution in [0, 0.1) is 3.57 Å². The number of benzene rings is 1. The highest BCUT2D eigenvalue weighted by Gasteiger charge is 2.00. The van der Waals surface area contributed by atoms with Crippen LogP contribution in [0.1, 0.15) is 10.4 Å². The zero-order valence-corrected chi connectivity index (χ0v) is 10.3. The van der Waals surface area contributed by atoms with Crippen LogP contribution < -0.4 is 4.74 Å². The maximum atomic E-state index is 10.4. The molecule has 0 fully saturated rings. The van der Waals surface area contributed by atoms with Crippen LogP contribution in [-0.4, -0.2) is 16.3 Å². The van der Waals surface area contributed by atoms with E-state index in [0.717, 1.165) is 3.57 Å². The maximum absolute atomic E-state index is 10.4. The minimum atomic E-state index is 0.229. The van der Waals surface area contributed by atoms with Crippen molar-refractivity contribution in [3.8, 4) is 11.8 Å². The molecule has 0 saturated heterocycles. The van der Waals surface area contributed by atoms with E-state index in [4.69, 9.17) is 4.74 Å². The Hall–Kier alpha value is -1.50. The number of rotatable bonds is 3. The fraction of sp³-hybridized carbons (Fsp3) is 0. The van der Waals surface area contributed by atoms with Gasteiger partial charge in [0.1, 0.15) is 5.75 Å². The topological polar surface area (TPSA) is 52.1 Å². The first kappa shape index (κ1) is 11.0. The Morgan fingerprint density at radius 2 is 2.00 bits per heavy atom. The molecule has 5 heteroatoms. The molecule has 16 heavy (non-hydrogen) atoms. The Balaban J connectivity index is 2.17. The van der Waals surface area contributed by atoms with Crippen LogP contribution in [0.15, 0.2) is 36.7 Å². The maximum Gasteiger partial charge on any atom is 0.321 e. The molecule has 0 amide bonds. The van der Waals surface area contributed by atoms with E-state index in [0.29, 0.717) is 17.6 Å². The zero-order valence-electron chi connectivity index (χ0n) is 8.13. The summed E-state index contributed by atoms with van der Waals surface area (Å²) in [6, 6.07) is 7.77. The summed E-state index contributed by atoms with van der Waals surface area (Å²) in [5.41, 5.74) is 0.426. The van der Waals surface area contributed by atoms with Crippen molar-refractivity contribution in [2.24, 2.45) is 0 Å². The van der Waals surface area contributed by atoms with Crippen molar-refractivity contribution in [1.82, 2.24) is 9.97 Å². The van der Waals surface area contributed by atoms with Crippen molar-refractivity contribution < 1.29 is 9.53 Å². The summed E-state index contributed by atoms with van der Waals surface area (Å²) in [6.45, 7) is 0. The number of carbonyl (C=O) groups is 1. The molecule has 2 rings (SSSR count). The van der Waals surface area contributed by atoms with Gasteiger partial charge in [0.05, 0.1) is 5.56 Å². The Labute approximate surface area is 106 Å². The standard InChI is InChI=1S/C11H7IN2O2/c12-9-2-1-3-10(4-9)16-11-13-5-8(7-15)6-14-11/h1-7H. The number of halogens is 1. The molecule has 0 saturated carbocycles. The smallest absolute Gasteiger partial charge is 0.321 e. The molecule has 0 unspecified atom stereocenters. The lowest BCUT2D eigenvalue weighted by Crippen LogP contribution is -1.93. The molecule has 0 bridgehead atoms. The normalized spacial score (nSPS) is 9.81. The number of hydrogen-bond acceptors (Lipinski definition) is 4. The Morgan fingerprint density at radius 3 is 2.62 bits per heavy atom. The first-order chi connectivity index (χ1) is 7.78. The number of aromatic nitrogens is 2. The predicted octanol–water partition coefficient (Wildman–Crippen LogP) is 2.69. The molecule has 4 nitrogen and oxygen atoms in total. The van der Waals surface area contributed by atoms with Crippen molar-refractivity contribution in [3.63, 3.8) is 0 Å². The second-order valence-electron chi connectivity index (χ2n) is 2.98. The summed E-state index contributed by atoms with van der Waals surface area (Å²) in [7, 11) is 0. The van der Waals surface area contributed by atoms with Crippen LogP contribution in [0.2, 0.25) is 0 Å². The molecule has 1 heterocycles. The van der Waals surface area contributed by atoms with Gasteiger partial charge in [0.15, 0.2) is 6.29 Å². The minimum Gasteiger partial charge on any atom is -0.424 e. The molecule has 1 aromatic heterocycles. The molecule has 2 aromatic rings. The van der Waals surface area contributed by atoms with Crippen molar-refractivity contribution in [2.45, 2.75) is 0 Å². The molecular weight excluding hydrogens is 319 g/mol. The molecule has 0 N–H and O–H groups in total. The highest BCUT2D eigenvalue weighted by atomic mass is 127. The van der Waals surface area contributed by atoms with Crippen LogP contribution in [0.5, 0.6) is 11.8 Å². The average molecular weight is 326 g/mol. The van der Waals surface area contributed by atoms with E-state index in [9.17, 15) is 4.79 Å². The molecule has 0 aliphatic heterocycles. The third-order valence-electron chi connectivity index (χ3n) is 1.79. The summed E-state index contributed by atoms with van der Waals surface area (Å²) in [5, 5.41) is 0. The van der Waals surface area contributed by atoms with E-state index in [-0.39, 0.29) is 6.01 Å². The Kier molecular flexibility index (Phi) is 3.45. The molecule has 0 aliphatic rings. The first-order valence-corrected chi connectivity index (χ1v) is 5.56. The molecular formula is C11H7IN2O2. The van der Waals surface area contributed by atoms with Crippen molar-refractivity contribution in [3.05, 3.63) is 45.8 Å². The summed E-state index contributed by atoms with van der Waals surface area (Å²) < 4.78 is 6.48. The lowest BCUT2D eigenvalue weighted by molar-refractivity contribution is 0.112. The molecule has 0 aliphatic carbocycles. The molecule has 0 atom stereocenters. The quantitative estimate of drug-likeness (QED) is 0.643. The third-order valence-corrected chi connectivity index (χ3v) is 2.46. The SMILES string of the molecule is O=Cc1cnc(Oc2cccc(I)c2)nc1. The molecule has 1 aromatic carbocycles. The van der Waals surface area contributed by atoms with E-state index < -0.39 is 0 Å². The lowest BCUT2D eigenvalue weighted by atomic mass is 10.3. The van der Waals surface area contributed by atoms with Gasteiger partial charge in [-0.25, -0.2) is 9.97 Å². The van der Waals surface area contributed by atoms with Crippen molar-refractivity contribution in [2.75, 3.05) is 0 Å². The van der Waals surface area contributed by atoms with Crippen LogP contribution >= 0.6 is 22.6 Å². The summed E-state index contributed by atoms with van der Waals surface area (Å²) >= 11 is 2.19. The van der Waals surface area contributed by atoms with E-state index in [1.165, 1.54) is 12.4 Å². The van der Waals surface area contributed by atoms with Gasteiger partial charge in [-0.3, -0.25) is 4.79 Å². The van der Waals surface area contributed by atoms with Crippen LogP contribution in [0.4, 0.5) is 0 Å². The fourth-order valence-electron chi connectivity index (χ4n) is 1.08. The van der Waals surface area contributed by atoms with Gasteiger partial charge >= 0.3 is 6.01 Å². The summed E-state index contributed by atoms with van der Waals surface area (Å²) in [5.74, 6) is 0.672. The average Bonchev–Trinajstić information content (AvgIpc) is 2.30. The highest BCUT2D eigenvalue weighted by Crippen LogP contribution is 2.19. The summed E-state index contributed by atoms with van der Waals surface area (Å²) in [4.78, 5) is 18.2. The van der Waals surface area contributed by atoms with Crippen LogP contribution in [0.3, 0.4) is 0 Å². The van der Waals surface area contributed by atoms with Crippen molar-refractivity contribution in [1.29, 1.82) is 0 Å². The van der Waals surface area contributed by atoms with Gasteiger partial charge in [0.2, 0.25) is 0 Å². The summed E-state index contributed by atoms with van der Waals surface area (Å²) in [6.07, 6.45) is 3.53. The van der Waals surface area contributed by atoms with Gasteiger partial charge in [-0.05, 0) is 40.8 Å². The predicted molar refractivity (Wildman–Crippen MR) is 66.7 cm³/mol. The number of ether oxygens (including phenoxy) is 1. The minimum absolute atomic E-state index is 0.229. The van der Waals surface area contributed by atoms with E-state index in [1.54, 1.807) is 0 Å². The van der Waals surface area contributed by atoms with Crippen LogP contribution in [0.25, 0.3) is 0 Å². The fourth-order valence-corrected chi connectivity index (χ4v) is 1.59. The van der Waals surface area contributed by atoms with Gasteiger partial charge in [-0.2, -0.15) is 0 Å². The van der Waals surface area contributed by atoms with Gasteiger partial charge in [0.25, 0.3) is 0 Å². The number of nitrogens with zero attached hydrogens (tertiary/aromatic N) is 2. The van der Waals surface area contributed by atoms with Gasteiger partial charge in [-0.15, -0.1) is 0 Å². The van der Waals surface area contributed by atoms with Gasteiger partial charge < -0.3 is 4.74 Å². The first-order valence-electron chi connectivity index (χ1n) is 4.48. The monoisotopic (exact) mass is 326 g/mol. The molecule has 0 spiro atoms. The Bertz CT molecular complexity index is 500. The van der Waals surface area contributed by atoms with Gasteiger partial charge in [-0.1, -0.05) is 6.07 Å². The molecule has 0 radical (unpaired) electrons. The largest absolute Gasteiger partial charge is 0.424 e. The highest BCUT2D eigenvalue weighted by molar-refractivity contribution is 14.1. The second kappa shape index (κ2) is 5.02. The molecule has 80 valence electrons. The third kappa shape index (κ3) is 2.75. The number of aldehydes is 1. The van der Waals surface area contributed by atoms with E-state index in [2.05, 4.69) is 32.6 Å². The van der Waals surface area contributed by atoms with E-state index >= 15 is 0 Å². The number of carbonyl (C=O) groups excluding carboxylic acids is 1. The second-order valence-corrected chi connectivity index (χ2v) is 4.22. The van der Waals surface area contributed by atoms with Crippen molar-refractivity contribution >= 4 is 28.9 Å². The van der Waals surface area contributed by atoms with E-state index in [1.807, 2.05) is 24.3 Å². The van der Waals surface area contributed by atoms with Crippen LogP contribution in [-0.2, 0) is 0 Å².